The zero-order valence-corrected chi connectivity index (χ0v) is 11.9. The summed E-state index contributed by atoms with van der Waals surface area (Å²) >= 11 is 0. The predicted molar refractivity (Wildman–Crippen MR) is 77.6 cm³/mol. The molecule has 1 saturated heterocycles. The molecule has 5 nitrogen and oxygen atoms in total. The predicted octanol–water partition coefficient (Wildman–Crippen LogP) is 1.68. The quantitative estimate of drug-likeness (QED) is 0.847. The molecule has 1 aliphatic rings. The van der Waals surface area contributed by atoms with Crippen molar-refractivity contribution in [2.75, 3.05) is 36.5 Å². The fourth-order valence-electron chi connectivity index (χ4n) is 2.42. The number of anilines is 2. The van der Waals surface area contributed by atoms with Gasteiger partial charge in [-0.05, 0) is 25.7 Å². The van der Waals surface area contributed by atoms with Gasteiger partial charge < -0.3 is 15.3 Å². The van der Waals surface area contributed by atoms with Crippen molar-refractivity contribution in [3.05, 3.63) is 11.9 Å². The molecule has 19 heavy (non-hydrogen) atoms. The van der Waals surface area contributed by atoms with Gasteiger partial charge in [-0.3, -0.25) is 0 Å². The van der Waals surface area contributed by atoms with Crippen LogP contribution in [0.2, 0.25) is 0 Å². The maximum atomic E-state index is 9.19. The number of rotatable bonds is 5. The third kappa shape index (κ3) is 3.56. The first-order valence-electron chi connectivity index (χ1n) is 7.24. The maximum Gasteiger partial charge on any atom is 0.134 e. The fraction of sp³-hybridized carbons (Fsp3) is 0.714. The minimum Gasteiger partial charge on any atom is -0.396 e. The molecular weight excluding hydrogens is 240 g/mol. The van der Waals surface area contributed by atoms with Crippen LogP contribution in [-0.4, -0.2) is 41.3 Å². The van der Waals surface area contributed by atoms with Gasteiger partial charge in [-0.25, -0.2) is 9.97 Å². The number of hydrogen-bond acceptors (Lipinski definition) is 5. The standard InChI is InChI=1S/C14H24N4O/c1-3-12-16-13(15-4-2)9-14(17-12)18-7-5-11(10-19)6-8-18/h9,11,19H,3-8,10H2,1-2H3,(H,15,16,17). The summed E-state index contributed by atoms with van der Waals surface area (Å²) in [4.78, 5) is 11.4. The molecule has 0 aliphatic carbocycles. The Morgan fingerprint density at radius 1 is 1.32 bits per heavy atom. The van der Waals surface area contributed by atoms with Crippen LogP contribution in [0.15, 0.2) is 6.07 Å². The third-order valence-electron chi connectivity index (χ3n) is 3.63. The van der Waals surface area contributed by atoms with Crippen LogP contribution in [0.5, 0.6) is 0 Å². The Balaban J connectivity index is 2.12. The summed E-state index contributed by atoms with van der Waals surface area (Å²) in [6, 6.07) is 2.03. The largest absolute Gasteiger partial charge is 0.396 e. The third-order valence-corrected chi connectivity index (χ3v) is 3.63. The number of aliphatic hydroxyl groups is 1. The molecule has 0 amide bonds. The molecule has 0 radical (unpaired) electrons. The van der Waals surface area contributed by atoms with Gasteiger partial charge in [0.05, 0.1) is 0 Å². The lowest BCUT2D eigenvalue weighted by Gasteiger charge is -2.32. The van der Waals surface area contributed by atoms with Crippen molar-refractivity contribution in [3.63, 3.8) is 0 Å². The molecule has 2 heterocycles. The second kappa shape index (κ2) is 6.70. The molecule has 1 aliphatic heterocycles. The normalized spacial score (nSPS) is 16.7. The molecule has 0 unspecified atom stereocenters. The van der Waals surface area contributed by atoms with Crippen molar-refractivity contribution >= 4 is 11.6 Å². The van der Waals surface area contributed by atoms with Crippen LogP contribution in [0.4, 0.5) is 11.6 Å². The Morgan fingerprint density at radius 3 is 2.63 bits per heavy atom. The SMILES string of the molecule is CCNc1cc(N2CCC(CO)CC2)nc(CC)n1. The van der Waals surface area contributed by atoms with E-state index >= 15 is 0 Å². The lowest BCUT2D eigenvalue weighted by molar-refractivity contribution is 0.203. The van der Waals surface area contributed by atoms with Crippen LogP contribution in [0.3, 0.4) is 0 Å². The van der Waals surface area contributed by atoms with E-state index in [2.05, 4.69) is 34.0 Å². The number of piperidine rings is 1. The van der Waals surface area contributed by atoms with Crippen LogP contribution < -0.4 is 10.2 Å². The summed E-state index contributed by atoms with van der Waals surface area (Å²) < 4.78 is 0. The highest BCUT2D eigenvalue weighted by molar-refractivity contribution is 5.49. The van der Waals surface area contributed by atoms with E-state index in [1.807, 2.05) is 6.07 Å². The van der Waals surface area contributed by atoms with Crippen molar-refractivity contribution in [2.45, 2.75) is 33.1 Å². The number of aromatic nitrogens is 2. The van der Waals surface area contributed by atoms with Crippen molar-refractivity contribution in [1.29, 1.82) is 0 Å². The van der Waals surface area contributed by atoms with E-state index in [-0.39, 0.29) is 0 Å². The average molecular weight is 264 g/mol. The summed E-state index contributed by atoms with van der Waals surface area (Å²) in [6.45, 7) is 7.26. The molecule has 5 heteroatoms. The first kappa shape index (κ1) is 14.1. The van der Waals surface area contributed by atoms with Gasteiger partial charge in [0, 0.05) is 38.7 Å². The van der Waals surface area contributed by atoms with E-state index in [1.54, 1.807) is 0 Å². The number of nitrogens with zero attached hydrogens (tertiary/aromatic N) is 3. The van der Waals surface area contributed by atoms with Gasteiger partial charge in [-0.2, -0.15) is 0 Å². The van der Waals surface area contributed by atoms with Gasteiger partial charge in [-0.1, -0.05) is 6.92 Å². The Hall–Kier alpha value is -1.36. The molecule has 1 aromatic rings. The first-order valence-corrected chi connectivity index (χ1v) is 7.24. The zero-order valence-electron chi connectivity index (χ0n) is 11.9. The maximum absolute atomic E-state index is 9.19. The fourth-order valence-corrected chi connectivity index (χ4v) is 2.42. The first-order chi connectivity index (χ1) is 9.26. The van der Waals surface area contributed by atoms with Crippen molar-refractivity contribution in [2.24, 2.45) is 5.92 Å². The topological polar surface area (TPSA) is 61.3 Å². The number of hydrogen-bond donors (Lipinski definition) is 2. The van der Waals surface area contributed by atoms with Gasteiger partial charge in [0.2, 0.25) is 0 Å². The monoisotopic (exact) mass is 264 g/mol. The molecule has 0 spiro atoms. The Kier molecular flexibility index (Phi) is 4.96. The molecule has 1 aromatic heterocycles. The Bertz CT molecular complexity index is 402. The van der Waals surface area contributed by atoms with Gasteiger partial charge >= 0.3 is 0 Å². The van der Waals surface area contributed by atoms with E-state index in [9.17, 15) is 5.11 Å². The highest BCUT2D eigenvalue weighted by Crippen LogP contribution is 2.23. The Morgan fingerprint density at radius 2 is 2.05 bits per heavy atom. The number of aliphatic hydroxyl groups excluding tert-OH is 1. The van der Waals surface area contributed by atoms with Crippen molar-refractivity contribution < 1.29 is 5.11 Å². The Labute approximate surface area is 115 Å². The second-order valence-electron chi connectivity index (χ2n) is 5.02. The van der Waals surface area contributed by atoms with E-state index in [1.165, 1.54) is 0 Å². The molecule has 0 saturated carbocycles. The van der Waals surface area contributed by atoms with Crippen LogP contribution >= 0.6 is 0 Å². The zero-order chi connectivity index (χ0) is 13.7. The van der Waals surface area contributed by atoms with Crippen molar-refractivity contribution in [3.8, 4) is 0 Å². The van der Waals surface area contributed by atoms with E-state index in [4.69, 9.17) is 0 Å². The van der Waals surface area contributed by atoms with E-state index in [0.29, 0.717) is 12.5 Å². The summed E-state index contributed by atoms with van der Waals surface area (Å²) in [5.41, 5.74) is 0. The molecule has 0 aromatic carbocycles. The molecule has 106 valence electrons. The van der Waals surface area contributed by atoms with E-state index in [0.717, 1.165) is 56.4 Å². The minimum atomic E-state index is 0.306. The van der Waals surface area contributed by atoms with Gasteiger partial charge in [0.1, 0.15) is 17.5 Å². The van der Waals surface area contributed by atoms with Crippen LogP contribution in [0, 0.1) is 5.92 Å². The summed E-state index contributed by atoms with van der Waals surface area (Å²) in [5.74, 6) is 3.27. The number of nitrogens with one attached hydrogen (secondary N) is 1. The van der Waals surface area contributed by atoms with Crippen molar-refractivity contribution in [1.82, 2.24) is 9.97 Å². The highest BCUT2D eigenvalue weighted by atomic mass is 16.3. The average Bonchev–Trinajstić information content (AvgIpc) is 2.47. The van der Waals surface area contributed by atoms with Crippen LogP contribution in [0.25, 0.3) is 0 Å². The molecule has 1 fully saturated rings. The summed E-state index contributed by atoms with van der Waals surface area (Å²) in [6.07, 6.45) is 2.93. The summed E-state index contributed by atoms with van der Waals surface area (Å²) in [5, 5.41) is 12.5. The van der Waals surface area contributed by atoms with Gasteiger partial charge in [0.15, 0.2) is 0 Å². The van der Waals surface area contributed by atoms with Gasteiger partial charge in [0.25, 0.3) is 0 Å². The van der Waals surface area contributed by atoms with E-state index < -0.39 is 0 Å². The van der Waals surface area contributed by atoms with Crippen LogP contribution in [0.1, 0.15) is 32.5 Å². The minimum absolute atomic E-state index is 0.306. The summed E-state index contributed by atoms with van der Waals surface area (Å²) in [7, 11) is 0. The molecule has 2 N–H and O–H groups in total. The lowest BCUT2D eigenvalue weighted by atomic mass is 9.98. The number of aryl methyl sites for hydroxylation is 1. The molecule has 2 rings (SSSR count). The molecule has 0 atom stereocenters. The smallest absolute Gasteiger partial charge is 0.134 e. The second-order valence-corrected chi connectivity index (χ2v) is 5.02. The molecule has 0 bridgehead atoms. The lowest BCUT2D eigenvalue weighted by Crippen LogP contribution is -2.35. The van der Waals surface area contributed by atoms with Crippen LogP contribution in [-0.2, 0) is 6.42 Å². The highest BCUT2D eigenvalue weighted by Gasteiger charge is 2.20. The molecular formula is C14H24N4O. The van der Waals surface area contributed by atoms with Gasteiger partial charge in [-0.15, -0.1) is 0 Å².